The summed E-state index contributed by atoms with van der Waals surface area (Å²) < 4.78 is 27.8. The predicted octanol–water partition coefficient (Wildman–Crippen LogP) is 3.10. The van der Waals surface area contributed by atoms with Crippen LogP contribution in [0.2, 0.25) is 0 Å². The van der Waals surface area contributed by atoms with Gasteiger partial charge in [-0.2, -0.15) is 4.31 Å². The molecule has 1 aliphatic rings. The SMILES string of the molecule is Cc1cc(S(=O)(=O)N2CC(C)C(C)C2)sc1Br. The van der Waals surface area contributed by atoms with Crippen LogP contribution < -0.4 is 0 Å². The molecule has 0 saturated carbocycles. The number of aryl methyl sites for hydroxylation is 1. The summed E-state index contributed by atoms with van der Waals surface area (Å²) in [5.74, 6) is 0.878. The van der Waals surface area contributed by atoms with Crippen molar-refractivity contribution in [3.8, 4) is 0 Å². The molecule has 1 saturated heterocycles. The number of hydrogen-bond donors (Lipinski definition) is 0. The van der Waals surface area contributed by atoms with Gasteiger partial charge in [0.15, 0.2) is 0 Å². The van der Waals surface area contributed by atoms with Crippen LogP contribution in [0, 0.1) is 18.8 Å². The highest BCUT2D eigenvalue weighted by Gasteiger charge is 2.35. The molecule has 0 spiro atoms. The van der Waals surface area contributed by atoms with E-state index >= 15 is 0 Å². The number of thiophene rings is 1. The molecule has 2 heterocycles. The minimum Gasteiger partial charge on any atom is -0.206 e. The van der Waals surface area contributed by atoms with Gasteiger partial charge in [-0.1, -0.05) is 13.8 Å². The highest BCUT2D eigenvalue weighted by Crippen LogP contribution is 2.35. The average Bonchev–Trinajstić information content (AvgIpc) is 2.74. The molecule has 2 atom stereocenters. The molecular formula is C11H16BrNO2S2. The summed E-state index contributed by atoms with van der Waals surface area (Å²) >= 11 is 4.67. The fourth-order valence-corrected chi connectivity index (χ4v) is 5.98. The summed E-state index contributed by atoms with van der Waals surface area (Å²) in [6.07, 6.45) is 0. The van der Waals surface area contributed by atoms with Gasteiger partial charge in [0.05, 0.1) is 3.79 Å². The highest BCUT2D eigenvalue weighted by atomic mass is 79.9. The van der Waals surface area contributed by atoms with Gasteiger partial charge in [0, 0.05) is 13.1 Å². The Bertz CT molecular complexity index is 494. The van der Waals surface area contributed by atoms with Crippen molar-refractivity contribution < 1.29 is 8.42 Å². The Hall–Kier alpha value is 0.0900. The maximum Gasteiger partial charge on any atom is 0.252 e. The van der Waals surface area contributed by atoms with Crippen molar-refractivity contribution in [3.05, 3.63) is 15.4 Å². The molecule has 0 N–H and O–H groups in total. The monoisotopic (exact) mass is 337 g/mol. The van der Waals surface area contributed by atoms with Gasteiger partial charge in [-0.05, 0) is 46.3 Å². The first-order valence-corrected chi connectivity index (χ1v) is 8.63. The summed E-state index contributed by atoms with van der Waals surface area (Å²) in [7, 11) is -3.28. The summed E-state index contributed by atoms with van der Waals surface area (Å²) in [4.78, 5) is 0. The van der Waals surface area contributed by atoms with Crippen molar-refractivity contribution in [3.63, 3.8) is 0 Å². The Balaban J connectivity index is 2.31. The molecule has 6 heteroatoms. The summed E-state index contributed by atoms with van der Waals surface area (Å²) in [6.45, 7) is 7.40. The van der Waals surface area contributed by atoms with E-state index in [0.29, 0.717) is 29.1 Å². The summed E-state index contributed by atoms with van der Waals surface area (Å²) in [6, 6.07) is 1.75. The molecule has 2 unspecified atom stereocenters. The first-order chi connectivity index (χ1) is 7.82. The average molecular weight is 338 g/mol. The number of rotatable bonds is 2. The second kappa shape index (κ2) is 4.64. The van der Waals surface area contributed by atoms with E-state index < -0.39 is 10.0 Å². The van der Waals surface area contributed by atoms with E-state index in [0.717, 1.165) is 9.35 Å². The molecule has 3 nitrogen and oxygen atoms in total. The van der Waals surface area contributed by atoms with Crippen LogP contribution in [0.3, 0.4) is 0 Å². The van der Waals surface area contributed by atoms with Gasteiger partial charge < -0.3 is 0 Å². The van der Waals surface area contributed by atoms with Crippen molar-refractivity contribution in [2.24, 2.45) is 11.8 Å². The van der Waals surface area contributed by atoms with E-state index in [1.54, 1.807) is 10.4 Å². The third kappa shape index (κ3) is 2.45. The minimum absolute atomic E-state index is 0.439. The third-order valence-corrected chi connectivity index (χ3v) is 7.80. The van der Waals surface area contributed by atoms with E-state index in [1.165, 1.54) is 11.3 Å². The lowest BCUT2D eigenvalue weighted by atomic mass is 10.0. The highest BCUT2D eigenvalue weighted by molar-refractivity contribution is 9.11. The molecule has 1 aromatic rings. The van der Waals surface area contributed by atoms with Gasteiger partial charge >= 0.3 is 0 Å². The Morgan fingerprint density at radius 2 is 1.88 bits per heavy atom. The molecule has 1 fully saturated rings. The summed E-state index contributed by atoms with van der Waals surface area (Å²) in [5, 5.41) is 0. The maximum absolute atomic E-state index is 12.4. The van der Waals surface area contributed by atoms with E-state index in [9.17, 15) is 8.42 Å². The lowest BCUT2D eigenvalue weighted by Crippen LogP contribution is -2.28. The molecule has 1 aliphatic heterocycles. The van der Waals surface area contributed by atoms with E-state index in [2.05, 4.69) is 29.8 Å². The standard InChI is InChI=1S/C11H16BrNO2S2/c1-7-4-10(16-11(7)12)17(14,15)13-5-8(2)9(3)6-13/h4,8-9H,5-6H2,1-3H3. The molecule has 0 aliphatic carbocycles. The van der Waals surface area contributed by atoms with Crippen LogP contribution in [0.5, 0.6) is 0 Å². The van der Waals surface area contributed by atoms with Crippen molar-refractivity contribution in [2.75, 3.05) is 13.1 Å². The molecule has 1 aromatic heterocycles. The smallest absolute Gasteiger partial charge is 0.206 e. The molecule has 17 heavy (non-hydrogen) atoms. The van der Waals surface area contributed by atoms with Crippen LogP contribution in [0.1, 0.15) is 19.4 Å². The number of halogens is 1. The molecule has 0 radical (unpaired) electrons. The van der Waals surface area contributed by atoms with Crippen LogP contribution in [0.15, 0.2) is 14.1 Å². The zero-order valence-corrected chi connectivity index (χ0v) is 13.3. The largest absolute Gasteiger partial charge is 0.252 e. The zero-order valence-electron chi connectivity index (χ0n) is 10.1. The lowest BCUT2D eigenvalue weighted by Gasteiger charge is -2.14. The zero-order chi connectivity index (χ0) is 12.8. The first-order valence-electron chi connectivity index (χ1n) is 5.58. The molecular weight excluding hydrogens is 322 g/mol. The Morgan fingerprint density at radius 1 is 1.35 bits per heavy atom. The fourth-order valence-electron chi connectivity index (χ4n) is 1.96. The van der Waals surface area contributed by atoms with E-state index in [1.807, 2.05) is 6.92 Å². The van der Waals surface area contributed by atoms with Crippen molar-refractivity contribution in [2.45, 2.75) is 25.0 Å². The van der Waals surface area contributed by atoms with Gasteiger partial charge in [0.25, 0.3) is 10.0 Å². The fraction of sp³-hybridized carbons (Fsp3) is 0.636. The molecule has 0 bridgehead atoms. The quantitative estimate of drug-likeness (QED) is 0.831. The topological polar surface area (TPSA) is 37.4 Å². The Labute approximate surface area is 115 Å². The second-order valence-electron chi connectivity index (χ2n) is 4.80. The van der Waals surface area contributed by atoms with Crippen LogP contribution in [0.25, 0.3) is 0 Å². The molecule has 0 aromatic carbocycles. The molecule has 2 rings (SSSR count). The third-order valence-electron chi connectivity index (χ3n) is 3.38. The predicted molar refractivity (Wildman–Crippen MR) is 73.8 cm³/mol. The van der Waals surface area contributed by atoms with E-state index in [-0.39, 0.29) is 0 Å². The molecule has 96 valence electrons. The number of nitrogens with zero attached hydrogens (tertiary/aromatic N) is 1. The van der Waals surface area contributed by atoms with Crippen molar-refractivity contribution in [1.82, 2.24) is 4.31 Å². The summed E-state index contributed by atoms with van der Waals surface area (Å²) in [5.41, 5.74) is 0.980. The van der Waals surface area contributed by atoms with E-state index in [4.69, 9.17) is 0 Å². The lowest BCUT2D eigenvalue weighted by molar-refractivity contribution is 0.465. The number of sulfonamides is 1. The van der Waals surface area contributed by atoms with Crippen LogP contribution in [-0.2, 0) is 10.0 Å². The van der Waals surface area contributed by atoms with Crippen LogP contribution in [-0.4, -0.2) is 25.8 Å². The second-order valence-corrected chi connectivity index (χ2v) is 9.33. The van der Waals surface area contributed by atoms with Gasteiger partial charge in [-0.15, -0.1) is 11.3 Å². The van der Waals surface area contributed by atoms with Gasteiger partial charge in [0.2, 0.25) is 0 Å². The maximum atomic E-state index is 12.4. The van der Waals surface area contributed by atoms with Gasteiger partial charge in [-0.25, -0.2) is 8.42 Å². The first kappa shape index (κ1) is 13.5. The van der Waals surface area contributed by atoms with Crippen LogP contribution in [0.4, 0.5) is 0 Å². The number of hydrogen-bond acceptors (Lipinski definition) is 3. The van der Waals surface area contributed by atoms with Gasteiger partial charge in [-0.3, -0.25) is 0 Å². The van der Waals surface area contributed by atoms with Crippen LogP contribution >= 0.6 is 27.3 Å². The normalized spacial score (nSPS) is 26.6. The van der Waals surface area contributed by atoms with Crippen molar-refractivity contribution in [1.29, 1.82) is 0 Å². The van der Waals surface area contributed by atoms with Crippen molar-refractivity contribution >= 4 is 37.3 Å². The Kier molecular flexibility index (Phi) is 3.69. The Morgan fingerprint density at radius 3 is 2.29 bits per heavy atom. The van der Waals surface area contributed by atoms with Gasteiger partial charge in [0.1, 0.15) is 4.21 Å². The molecule has 0 amide bonds. The minimum atomic E-state index is -3.28.